The van der Waals surface area contributed by atoms with Crippen LogP contribution in [-0.4, -0.2) is 60.1 Å². The predicted molar refractivity (Wildman–Crippen MR) is 72.7 cm³/mol. The first-order valence-corrected chi connectivity index (χ1v) is 6.65. The summed E-state index contributed by atoms with van der Waals surface area (Å²) in [6.45, 7) is 7.15. The Morgan fingerprint density at radius 1 is 1.32 bits per heavy atom. The van der Waals surface area contributed by atoms with Crippen LogP contribution in [0, 0.1) is 0 Å². The average Bonchev–Trinajstić information content (AvgIpc) is 2.26. The molecule has 6 nitrogen and oxygen atoms in total. The Bertz CT molecular complexity index is 331. The number of carbonyl (C=O) groups excluding carboxylic acids is 2. The summed E-state index contributed by atoms with van der Waals surface area (Å²) in [7, 11) is 1.89. The van der Waals surface area contributed by atoms with Crippen molar-refractivity contribution in [2.24, 2.45) is 5.73 Å². The van der Waals surface area contributed by atoms with Crippen molar-refractivity contribution in [2.75, 3.05) is 26.7 Å². The number of primary amides is 1. The Kier molecular flexibility index (Phi) is 5.17. The Morgan fingerprint density at radius 3 is 2.26 bits per heavy atom. The van der Waals surface area contributed by atoms with Gasteiger partial charge in [0.1, 0.15) is 5.60 Å². The SMILES string of the molecule is CN(CC(N)=O)C1CCN(C(=O)OC(C)(C)C)CC1. The van der Waals surface area contributed by atoms with E-state index in [4.69, 9.17) is 10.5 Å². The molecule has 6 heteroatoms. The summed E-state index contributed by atoms with van der Waals surface area (Å²) in [5, 5.41) is 0. The third-order valence-electron chi connectivity index (χ3n) is 3.14. The highest BCUT2D eigenvalue weighted by molar-refractivity contribution is 5.75. The van der Waals surface area contributed by atoms with E-state index in [1.165, 1.54) is 0 Å². The molecule has 1 saturated heterocycles. The van der Waals surface area contributed by atoms with Gasteiger partial charge in [-0.2, -0.15) is 0 Å². The summed E-state index contributed by atoms with van der Waals surface area (Å²) in [4.78, 5) is 26.4. The zero-order chi connectivity index (χ0) is 14.6. The second-order valence-electron chi connectivity index (χ2n) is 6.08. The minimum atomic E-state index is -0.462. The summed E-state index contributed by atoms with van der Waals surface area (Å²) in [6, 6.07) is 0.297. The van der Waals surface area contributed by atoms with Crippen molar-refractivity contribution >= 4 is 12.0 Å². The molecule has 1 fully saturated rings. The van der Waals surface area contributed by atoms with Gasteiger partial charge in [-0.05, 0) is 40.7 Å². The van der Waals surface area contributed by atoms with Gasteiger partial charge in [0, 0.05) is 19.1 Å². The lowest BCUT2D eigenvalue weighted by Crippen LogP contribution is -2.48. The fourth-order valence-corrected chi connectivity index (χ4v) is 2.19. The molecule has 0 aliphatic carbocycles. The molecule has 0 aromatic carbocycles. The predicted octanol–water partition coefficient (Wildman–Crippen LogP) is 0.803. The second-order valence-corrected chi connectivity index (χ2v) is 6.08. The molecular formula is C13H25N3O3. The standard InChI is InChI=1S/C13H25N3O3/c1-13(2,3)19-12(18)16-7-5-10(6-8-16)15(4)9-11(14)17/h10H,5-9H2,1-4H3,(H2,14,17). The molecular weight excluding hydrogens is 246 g/mol. The number of likely N-dealkylation sites (N-methyl/N-ethyl adjacent to an activating group) is 1. The average molecular weight is 271 g/mol. The van der Waals surface area contributed by atoms with Crippen molar-refractivity contribution < 1.29 is 14.3 Å². The smallest absolute Gasteiger partial charge is 0.410 e. The van der Waals surface area contributed by atoms with Crippen LogP contribution >= 0.6 is 0 Å². The number of ether oxygens (including phenoxy) is 1. The topological polar surface area (TPSA) is 75.9 Å². The summed E-state index contributed by atoms with van der Waals surface area (Å²) in [5.74, 6) is -0.322. The normalized spacial score (nSPS) is 17.6. The Hall–Kier alpha value is -1.30. The number of carbonyl (C=O) groups is 2. The number of hydrogen-bond donors (Lipinski definition) is 1. The van der Waals surface area contributed by atoms with Crippen LogP contribution in [0.25, 0.3) is 0 Å². The van der Waals surface area contributed by atoms with Gasteiger partial charge in [-0.15, -0.1) is 0 Å². The molecule has 1 aliphatic rings. The fraction of sp³-hybridized carbons (Fsp3) is 0.846. The minimum absolute atomic E-state index is 0.261. The van der Waals surface area contributed by atoms with Gasteiger partial charge in [-0.25, -0.2) is 4.79 Å². The third kappa shape index (κ3) is 5.46. The third-order valence-corrected chi connectivity index (χ3v) is 3.14. The van der Waals surface area contributed by atoms with Gasteiger partial charge < -0.3 is 15.4 Å². The number of amides is 2. The van der Waals surface area contributed by atoms with Crippen molar-refractivity contribution in [1.82, 2.24) is 9.80 Å². The summed E-state index contributed by atoms with van der Waals surface area (Å²) in [6.07, 6.45) is 1.41. The van der Waals surface area contributed by atoms with Crippen LogP contribution in [0.15, 0.2) is 0 Å². The van der Waals surface area contributed by atoms with Gasteiger partial charge in [-0.3, -0.25) is 9.69 Å². The molecule has 19 heavy (non-hydrogen) atoms. The molecule has 2 amide bonds. The lowest BCUT2D eigenvalue weighted by atomic mass is 10.0. The van der Waals surface area contributed by atoms with E-state index >= 15 is 0 Å². The molecule has 0 radical (unpaired) electrons. The van der Waals surface area contributed by atoms with E-state index in [-0.39, 0.29) is 18.5 Å². The molecule has 0 unspecified atom stereocenters. The lowest BCUT2D eigenvalue weighted by Gasteiger charge is -2.36. The molecule has 1 rings (SSSR count). The van der Waals surface area contributed by atoms with Crippen molar-refractivity contribution in [1.29, 1.82) is 0 Å². The molecule has 2 N–H and O–H groups in total. The highest BCUT2D eigenvalue weighted by Gasteiger charge is 2.28. The highest BCUT2D eigenvalue weighted by Crippen LogP contribution is 2.18. The maximum atomic E-state index is 11.9. The highest BCUT2D eigenvalue weighted by atomic mass is 16.6. The van der Waals surface area contributed by atoms with Crippen LogP contribution < -0.4 is 5.73 Å². The molecule has 0 saturated carbocycles. The quantitative estimate of drug-likeness (QED) is 0.824. The van der Waals surface area contributed by atoms with Gasteiger partial charge in [-0.1, -0.05) is 0 Å². The molecule has 0 bridgehead atoms. The Balaban J connectivity index is 2.40. The van der Waals surface area contributed by atoms with Crippen LogP contribution in [0.5, 0.6) is 0 Å². The van der Waals surface area contributed by atoms with Gasteiger partial charge in [0.2, 0.25) is 5.91 Å². The zero-order valence-corrected chi connectivity index (χ0v) is 12.3. The van der Waals surface area contributed by atoms with E-state index in [9.17, 15) is 9.59 Å². The zero-order valence-electron chi connectivity index (χ0n) is 12.3. The van der Waals surface area contributed by atoms with Crippen molar-refractivity contribution in [2.45, 2.75) is 45.3 Å². The summed E-state index contributed by atoms with van der Waals surface area (Å²) >= 11 is 0. The van der Waals surface area contributed by atoms with Crippen LogP contribution in [0.3, 0.4) is 0 Å². The largest absolute Gasteiger partial charge is 0.444 e. The van der Waals surface area contributed by atoms with E-state index in [2.05, 4.69) is 0 Å². The van der Waals surface area contributed by atoms with E-state index in [0.717, 1.165) is 12.8 Å². The fourth-order valence-electron chi connectivity index (χ4n) is 2.19. The van der Waals surface area contributed by atoms with Gasteiger partial charge >= 0.3 is 6.09 Å². The summed E-state index contributed by atoms with van der Waals surface area (Å²) in [5.41, 5.74) is 4.72. The first-order valence-electron chi connectivity index (χ1n) is 6.65. The van der Waals surface area contributed by atoms with Crippen molar-refractivity contribution in [3.05, 3.63) is 0 Å². The second kappa shape index (κ2) is 6.23. The molecule has 0 atom stereocenters. The first-order chi connectivity index (χ1) is 8.69. The van der Waals surface area contributed by atoms with E-state index in [1.54, 1.807) is 4.90 Å². The van der Waals surface area contributed by atoms with Crippen LogP contribution in [0.2, 0.25) is 0 Å². The Morgan fingerprint density at radius 2 is 1.84 bits per heavy atom. The first kappa shape index (κ1) is 15.8. The number of nitrogens with zero attached hydrogens (tertiary/aromatic N) is 2. The Labute approximate surface area is 114 Å². The maximum absolute atomic E-state index is 11.9. The van der Waals surface area contributed by atoms with Crippen molar-refractivity contribution in [3.8, 4) is 0 Å². The number of rotatable bonds is 3. The van der Waals surface area contributed by atoms with E-state index in [0.29, 0.717) is 19.1 Å². The van der Waals surface area contributed by atoms with Gasteiger partial charge in [0.25, 0.3) is 0 Å². The van der Waals surface area contributed by atoms with Crippen LogP contribution in [0.4, 0.5) is 4.79 Å². The van der Waals surface area contributed by atoms with Crippen molar-refractivity contribution in [3.63, 3.8) is 0 Å². The summed E-state index contributed by atoms with van der Waals surface area (Å²) < 4.78 is 5.34. The van der Waals surface area contributed by atoms with Gasteiger partial charge in [0.05, 0.1) is 6.54 Å². The van der Waals surface area contributed by atoms with E-state index < -0.39 is 5.60 Å². The molecule has 0 aromatic rings. The molecule has 1 aliphatic heterocycles. The molecule has 1 heterocycles. The number of hydrogen-bond acceptors (Lipinski definition) is 4. The van der Waals surface area contributed by atoms with Gasteiger partial charge in [0.15, 0.2) is 0 Å². The monoisotopic (exact) mass is 271 g/mol. The number of nitrogens with two attached hydrogens (primary N) is 1. The van der Waals surface area contributed by atoms with E-state index in [1.807, 2.05) is 32.7 Å². The number of likely N-dealkylation sites (tertiary alicyclic amines) is 1. The van der Waals surface area contributed by atoms with Crippen LogP contribution in [-0.2, 0) is 9.53 Å². The maximum Gasteiger partial charge on any atom is 0.410 e. The van der Waals surface area contributed by atoms with Crippen LogP contribution in [0.1, 0.15) is 33.6 Å². The molecule has 0 aromatic heterocycles. The molecule has 110 valence electrons. The number of piperidine rings is 1. The molecule has 0 spiro atoms. The minimum Gasteiger partial charge on any atom is -0.444 e. The lowest BCUT2D eigenvalue weighted by molar-refractivity contribution is -0.119.